The molecule has 110 valence electrons. The maximum absolute atomic E-state index is 10.8. The Balaban J connectivity index is 2.22. The number of anilines is 1. The molecule has 5 nitrogen and oxygen atoms in total. The minimum atomic E-state index is -0.427. The number of methoxy groups -OCH3 is 1. The summed E-state index contributed by atoms with van der Waals surface area (Å²) >= 11 is 7.58. The molecule has 2 rings (SSSR count). The smallest absolute Gasteiger partial charge is 0.270 e. The molecule has 7 heteroatoms. The molecular formula is C14H13ClN2O3S. The van der Waals surface area contributed by atoms with Gasteiger partial charge in [0, 0.05) is 34.0 Å². The van der Waals surface area contributed by atoms with Gasteiger partial charge in [-0.05, 0) is 24.3 Å². The number of nitrogen functional groups attached to an aromatic ring is 1. The molecule has 0 saturated heterocycles. The van der Waals surface area contributed by atoms with E-state index in [2.05, 4.69) is 0 Å². The Hall–Kier alpha value is -1.92. The fourth-order valence-electron chi connectivity index (χ4n) is 1.78. The normalized spacial score (nSPS) is 10.4. The van der Waals surface area contributed by atoms with Crippen molar-refractivity contribution < 1.29 is 9.66 Å². The Kier molecular flexibility index (Phi) is 4.93. The van der Waals surface area contributed by atoms with E-state index in [9.17, 15) is 10.1 Å². The van der Waals surface area contributed by atoms with E-state index in [4.69, 9.17) is 22.1 Å². The van der Waals surface area contributed by atoms with Crippen LogP contribution in [0.1, 0.15) is 5.56 Å². The van der Waals surface area contributed by atoms with Gasteiger partial charge in [-0.15, -0.1) is 11.8 Å². The molecule has 0 amide bonds. The zero-order valence-corrected chi connectivity index (χ0v) is 12.8. The first-order valence-corrected chi connectivity index (χ1v) is 7.36. The van der Waals surface area contributed by atoms with Crippen molar-refractivity contribution in [2.24, 2.45) is 0 Å². The van der Waals surface area contributed by atoms with Crippen LogP contribution in [0.15, 0.2) is 41.3 Å². The number of nitro groups is 1. The first kappa shape index (κ1) is 15.5. The van der Waals surface area contributed by atoms with Gasteiger partial charge in [0.25, 0.3) is 5.69 Å². The topological polar surface area (TPSA) is 78.4 Å². The van der Waals surface area contributed by atoms with E-state index in [1.165, 1.54) is 31.0 Å². The molecule has 0 aliphatic rings. The van der Waals surface area contributed by atoms with Gasteiger partial charge >= 0.3 is 0 Å². The molecule has 0 unspecified atom stereocenters. The van der Waals surface area contributed by atoms with E-state index in [1.807, 2.05) is 6.07 Å². The average Bonchev–Trinajstić information content (AvgIpc) is 2.46. The molecule has 0 bridgehead atoms. The Bertz CT molecular complexity index is 679. The van der Waals surface area contributed by atoms with E-state index in [0.29, 0.717) is 22.2 Å². The predicted molar refractivity (Wildman–Crippen MR) is 85.1 cm³/mol. The average molecular weight is 325 g/mol. The zero-order valence-electron chi connectivity index (χ0n) is 11.2. The standard InChI is InChI=1S/C14H13ClN2O3S/c1-20-13-4-3-11(17(18)19)6-9(13)8-21-14-5-2-10(16)7-12(14)15/h2-7H,8,16H2,1H3. The van der Waals surface area contributed by atoms with Gasteiger partial charge < -0.3 is 10.5 Å². The fourth-order valence-corrected chi connectivity index (χ4v) is 3.03. The van der Waals surface area contributed by atoms with Crippen molar-refractivity contribution in [3.63, 3.8) is 0 Å². The van der Waals surface area contributed by atoms with Gasteiger partial charge in [-0.25, -0.2) is 0 Å². The van der Waals surface area contributed by atoms with Crippen molar-refractivity contribution in [3.05, 3.63) is 57.1 Å². The number of hydrogen-bond donors (Lipinski definition) is 1. The van der Waals surface area contributed by atoms with Gasteiger partial charge in [-0.3, -0.25) is 10.1 Å². The van der Waals surface area contributed by atoms with Crippen LogP contribution in [-0.4, -0.2) is 12.0 Å². The molecule has 2 aromatic rings. The van der Waals surface area contributed by atoms with Gasteiger partial charge in [-0.2, -0.15) is 0 Å². The summed E-state index contributed by atoms with van der Waals surface area (Å²) in [4.78, 5) is 11.3. The van der Waals surface area contributed by atoms with E-state index in [-0.39, 0.29) is 5.69 Å². The molecule has 0 radical (unpaired) electrons. The second-order valence-electron chi connectivity index (χ2n) is 4.23. The fraction of sp³-hybridized carbons (Fsp3) is 0.143. The van der Waals surface area contributed by atoms with E-state index < -0.39 is 4.92 Å². The molecule has 21 heavy (non-hydrogen) atoms. The van der Waals surface area contributed by atoms with Crippen LogP contribution >= 0.6 is 23.4 Å². The molecule has 2 N–H and O–H groups in total. The largest absolute Gasteiger partial charge is 0.496 e. The van der Waals surface area contributed by atoms with Crippen LogP contribution in [0.25, 0.3) is 0 Å². The summed E-state index contributed by atoms with van der Waals surface area (Å²) in [6.45, 7) is 0. The Labute approximate surface area is 131 Å². The lowest BCUT2D eigenvalue weighted by atomic mass is 10.2. The van der Waals surface area contributed by atoms with Crippen LogP contribution in [0, 0.1) is 10.1 Å². The van der Waals surface area contributed by atoms with Crippen molar-refractivity contribution in [3.8, 4) is 5.75 Å². The molecule has 2 aromatic carbocycles. The molecule has 0 aromatic heterocycles. The summed E-state index contributed by atoms with van der Waals surface area (Å²) in [5.41, 5.74) is 7.02. The Morgan fingerprint density at radius 1 is 1.33 bits per heavy atom. The first-order valence-electron chi connectivity index (χ1n) is 6.00. The second-order valence-corrected chi connectivity index (χ2v) is 5.66. The summed E-state index contributed by atoms with van der Waals surface area (Å²) in [6.07, 6.45) is 0. The second kappa shape index (κ2) is 6.69. The SMILES string of the molecule is COc1ccc([N+](=O)[O-])cc1CSc1ccc(N)cc1Cl. The minimum absolute atomic E-state index is 0.0369. The maximum atomic E-state index is 10.8. The number of benzene rings is 2. The monoisotopic (exact) mass is 324 g/mol. The molecule has 0 heterocycles. The number of nitrogens with zero attached hydrogens (tertiary/aromatic N) is 1. The summed E-state index contributed by atoms with van der Waals surface area (Å²) in [5.74, 6) is 1.12. The van der Waals surface area contributed by atoms with Crippen molar-refractivity contribution in [2.45, 2.75) is 10.6 Å². The van der Waals surface area contributed by atoms with Crippen LogP contribution < -0.4 is 10.5 Å². The van der Waals surface area contributed by atoms with Crippen molar-refractivity contribution in [1.82, 2.24) is 0 Å². The highest BCUT2D eigenvalue weighted by atomic mass is 35.5. The number of nitro benzene ring substituents is 1. The number of thioether (sulfide) groups is 1. The van der Waals surface area contributed by atoms with Gasteiger partial charge in [0.05, 0.1) is 17.1 Å². The third-order valence-electron chi connectivity index (χ3n) is 2.81. The van der Waals surface area contributed by atoms with E-state index >= 15 is 0 Å². The lowest BCUT2D eigenvalue weighted by Crippen LogP contribution is -1.94. The minimum Gasteiger partial charge on any atom is -0.496 e. The lowest BCUT2D eigenvalue weighted by molar-refractivity contribution is -0.384. The number of halogens is 1. The highest BCUT2D eigenvalue weighted by molar-refractivity contribution is 7.98. The molecule has 0 atom stereocenters. The number of non-ortho nitro benzene ring substituents is 1. The van der Waals surface area contributed by atoms with Gasteiger partial charge in [-0.1, -0.05) is 11.6 Å². The first-order chi connectivity index (χ1) is 10.0. The van der Waals surface area contributed by atoms with Crippen molar-refractivity contribution >= 4 is 34.7 Å². The highest BCUT2D eigenvalue weighted by Crippen LogP contribution is 2.34. The molecule has 0 aliphatic heterocycles. The molecule has 0 spiro atoms. The summed E-state index contributed by atoms with van der Waals surface area (Å²) < 4.78 is 5.23. The van der Waals surface area contributed by atoms with Crippen LogP contribution in [0.2, 0.25) is 5.02 Å². The number of ether oxygens (including phenoxy) is 1. The van der Waals surface area contributed by atoms with Crippen molar-refractivity contribution in [2.75, 3.05) is 12.8 Å². The molecule has 0 aliphatic carbocycles. The molecule has 0 fully saturated rings. The highest BCUT2D eigenvalue weighted by Gasteiger charge is 2.12. The molecular weight excluding hydrogens is 312 g/mol. The van der Waals surface area contributed by atoms with Gasteiger partial charge in [0.1, 0.15) is 5.75 Å². The number of rotatable bonds is 5. The summed E-state index contributed by atoms with van der Waals surface area (Å²) in [7, 11) is 1.53. The van der Waals surface area contributed by atoms with Crippen LogP contribution in [-0.2, 0) is 5.75 Å². The van der Waals surface area contributed by atoms with Gasteiger partial charge in [0.15, 0.2) is 0 Å². The third kappa shape index (κ3) is 3.80. The van der Waals surface area contributed by atoms with Crippen molar-refractivity contribution in [1.29, 1.82) is 0 Å². The Morgan fingerprint density at radius 2 is 2.10 bits per heavy atom. The number of nitrogens with two attached hydrogens (primary N) is 1. The quantitative estimate of drug-likeness (QED) is 0.387. The van der Waals surface area contributed by atoms with Crippen LogP contribution in [0.5, 0.6) is 5.75 Å². The summed E-state index contributed by atoms with van der Waals surface area (Å²) in [6, 6.07) is 9.79. The maximum Gasteiger partial charge on any atom is 0.270 e. The number of hydrogen-bond acceptors (Lipinski definition) is 5. The van der Waals surface area contributed by atoms with E-state index in [0.717, 1.165) is 10.5 Å². The Morgan fingerprint density at radius 3 is 2.71 bits per heavy atom. The summed E-state index contributed by atoms with van der Waals surface area (Å²) in [5, 5.41) is 11.4. The van der Waals surface area contributed by atoms with E-state index in [1.54, 1.807) is 18.2 Å². The lowest BCUT2D eigenvalue weighted by Gasteiger charge is -2.09. The third-order valence-corrected chi connectivity index (χ3v) is 4.36. The van der Waals surface area contributed by atoms with Crippen LogP contribution in [0.3, 0.4) is 0 Å². The van der Waals surface area contributed by atoms with Gasteiger partial charge in [0.2, 0.25) is 0 Å². The zero-order chi connectivity index (χ0) is 15.4. The molecule has 0 saturated carbocycles. The van der Waals surface area contributed by atoms with Crippen LogP contribution in [0.4, 0.5) is 11.4 Å². The predicted octanol–water partition coefficient (Wildman–Crippen LogP) is 4.13.